The van der Waals surface area contributed by atoms with Gasteiger partial charge in [-0.3, -0.25) is 4.79 Å². The van der Waals surface area contributed by atoms with E-state index in [-0.39, 0.29) is 12.3 Å². The van der Waals surface area contributed by atoms with Crippen molar-refractivity contribution in [1.29, 1.82) is 0 Å². The number of rotatable bonds is 10. The summed E-state index contributed by atoms with van der Waals surface area (Å²) in [7, 11) is 0. The molecule has 0 aromatic heterocycles. The van der Waals surface area contributed by atoms with Gasteiger partial charge in [-0.2, -0.15) is 0 Å². The molecule has 0 saturated carbocycles. The van der Waals surface area contributed by atoms with Crippen LogP contribution in [0.3, 0.4) is 0 Å². The van der Waals surface area contributed by atoms with Crippen LogP contribution in [0.5, 0.6) is 0 Å². The van der Waals surface area contributed by atoms with Crippen molar-refractivity contribution < 1.29 is 4.79 Å². The lowest BCUT2D eigenvalue weighted by molar-refractivity contribution is -0.117. The third-order valence-corrected chi connectivity index (χ3v) is 4.34. The molecule has 0 radical (unpaired) electrons. The Morgan fingerprint density at radius 1 is 1.10 bits per heavy atom. The number of hydrogen-bond donors (Lipinski definition) is 1. The molecule has 1 rings (SSSR count). The van der Waals surface area contributed by atoms with E-state index in [9.17, 15) is 4.79 Å². The van der Waals surface area contributed by atoms with E-state index < -0.39 is 0 Å². The van der Waals surface area contributed by atoms with E-state index in [1.165, 1.54) is 37.7 Å². The van der Waals surface area contributed by atoms with Crippen molar-refractivity contribution in [3.05, 3.63) is 35.4 Å². The van der Waals surface area contributed by atoms with E-state index in [1.807, 2.05) is 6.07 Å². The molecule has 118 valence electrons. The minimum absolute atomic E-state index is 0.106. The second-order valence-corrected chi connectivity index (χ2v) is 6.55. The fraction of sp³-hybridized carbons (Fsp3) is 0.632. The van der Waals surface area contributed by atoms with Crippen LogP contribution in [0, 0.1) is 5.41 Å². The standard InChI is InChI=1S/C19H31NO/c1-4-10-19(3,11-5-2)12-9-16-7-6-8-17(13-16)14-18(21)15-20/h6-8,13H,4-5,9-12,14-15,20H2,1-3H3. The van der Waals surface area contributed by atoms with E-state index in [1.54, 1.807) is 0 Å². The van der Waals surface area contributed by atoms with Gasteiger partial charge in [-0.1, -0.05) is 57.9 Å². The van der Waals surface area contributed by atoms with Crippen molar-refractivity contribution >= 4 is 5.78 Å². The molecule has 0 aliphatic heterocycles. The Hall–Kier alpha value is -1.15. The highest BCUT2D eigenvalue weighted by atomic mass is 16.1. The predicted molar refractivity (Wildman–Crippen MR) is 90.5 cm³/mol. The monoisotopic (exact) mass is 289 g/mol. The lowest BCUT2D eigenvalue weighted by Crippen LogP contribution is -2.17. The number of hydrogen-bond acceptors (Lipinski definition) is 2. The minimum Gasteiger partial charge on any atom is -0.324 e. The molecule has 0 spiro atoms. The van der Waals surface area contributed by atoms with Crippen LogP contribution in [0.2, 0.25) is 0 Å². The third-order valence-electron chi connectivity index (χ3n) is 4.34. The van der Waals surface area contributed by atoms with Gasteiger partial charge >= 0.3 is 0 Å². The second kappa shape index (κ2) is 8.99. The van der Waals surface area contributed by atoms with Crippen LogP contribution >= 0.6 is 0 Å². The maximum atomic E-state index is 11.5. The summed E-state index contributed by atoms with van der Waals surface area (Å²) in [5.41, 5.74) is 8.28. The molecule has 0 amide bonds. The molecule has 2 heteroatoms. The van der Waals surface area contributed by atoms with Crippen molar-refractivity contribution in [2.45, 2.75) is 65.7 Å². The van der Waals surface area contributed by atoms with Crippen LogP contribution in [0.15, 0.2) is 24.3 Å². The molecule has 0 saturated heterocycles. The largest absolute Gasteiger partial charge is 0.324 e. The van der Waals surface area contributed by atoms with Crippen LogP contribution in [0.25, 0.3) is 0 Å². The molecule has 0 bridgehead atoms. The van der Waals surface area contributed by atoms with E-state index >= 15 is 0 Å². The van der Waals surface area contributed by atoms with Gasteiger partial charge in [0.25, 0.3) is 0 Å². The Bertz CT molecular complexity index is 433. The molecule has 0 unspecified atom stereocenters. The van der Waals surface area contributed by atoms with Gasteiger partial charge in [-0.15, -0.1) is 0 Å². The molecule has 2 nitrogen and oxygen atoms in total. The van der Waals surface area contributed by atoms with Crippen molar-refractivity contribution in [2.24, 2.45) is 11.1 Å². The molecule has 0 heterocycles. The Morgan fingerprint density at radius 2 is 1.71 bits per heavy atom. The fourth-order valence-corrected chi connectivity index (χ4v) is 3.22. The van der Waals surface area contributed by atoms with Gasteiger partial charge in [-0.25, -0.2) is 0 Å². The van der Waals surface area contributed by atoms with Crippen molar-refractivity contribution in [3.63, 3.8) is 0 Å². The number of carbonyl (C=O) groups excluding carboxylic acids is 1. The van der Waals surface area contributed by atoms with Crippen molar-refractivity contribution in [2.75, 3.05) is 6.54 Å². The fourth-order valence-electron chi connectivity index (χ4n) is 3.22. The zero-order valence-electron chi connectivity index (χ0n) is 14.0. The quantitative estimate of drug-likeness (QED) is 0.698. The molecule has 1 aromatic carbocycles. The number of Topliss-reactive ketones (excluding diaryl/α,β-unsaturated/α-hetero) is 1. The number of benzene rings is 1. The van der Waals surface area contributed by atoms with Crippen molar-refractivity contribution in [3.8, 4) is 0 Å². The van der Waals surface area contributed by atoms with Gasteiger partial charge in [-0.05, 0) is 42.2 Å². The SMILES string of the molecule is CCCC(C)(CCC)CCc1cccc(CC(=O)CN)c1. The first kappa shape index (κ1) is 17.9. The van der Waals surface area contributed by atoms with E-state index in [0.717, 1.165) is 12.0 Å². The number of carbonyl (C=O) groups is 1. The first-order valence-electron chi connectivity index (χ1n) is 8.32. The minimum atomic E-state index is 0.106. The van der Waals surface area contributed by atoms with E-state index in [0.29, 0.717) is 11.8 Å². The zero-order chi connectivity index (χ0) is 15.7. The summed E-state index contributed by atoms with van der Waals surface area (Å²) in [5.74, 6) is 0.106. The van der Waals surface area contributed by atoms with Gasteiger partial charge in [0, 0.05) is 6.42 Å². The molecule has 1 aromatic rings. The van der Waals surface area contributed by atoms with Crippen LogP contribution in [0.4, 0.5) is 0 Å². The molecule has 2 N–H and O–H groups in total. The number of nitrogens with two attached hydrogens (primary N) is 1. The highest BCUT2D eigenvalue weighted by Crippen LogP contribution is 2.34. The highest BCUT2D eigenvalue weighted by Gasteiger charge is 2.21. The average Bonchev–Trinajstić information content (AvgIpc) is 2.46. The van der Waals surface area contributed by atoms with Crippen LogP contribution in [-0.4, -0.2) is 12.3 Å². The molecule has 0 aliphatic carbocycles. The van der Waals surface area contributed by atoms with Crippen LogP contribution in [0.1, 0.15) is 64.0 Å². The summed E-state index contributed by atoms with van der Waals surface area (Å²) in [5, 5.41) is 0. The zero-order valence-corrected chi connectivity index (χ0v) is 14.0. The van der Waals surface area contributed by atoms with Gasteiger partial charge in [0.2, 0.25) is 0 Å². The Labute approximate surface area is 130 Å². The summed E-state index contributed by atoms with van der Waals surface area (Å²) >= 11 is 0. The Morgan fingerprint density at radius 3 is 2.29 bits per heavy atom. The number of ketones is 1. The smallest absolute Gasteiger partial charge is 0.150 e. The van der Waals surface area contributed by atoms with E-state index in [2.05, 4.69) is 39.0 Å². The molecular formula is C19H31NO. The lowest BCUT2D eigenvalue weighted by Gasteiger charge is -2.29. The molecular weight excluding hydrogens is 258 g/mol. The lowest BCUT2D eigenvalue weighted by atomic mass is 9.76. The van der Waals surface area contributed by atoms with Crippen molar-refractivity contribution in [1.82, 2.24) is 0 Å². The van der Waals surface area contributed by atoms with Gasteiger partial charge in [0.15, 0.2) is 5.78 Å². The molecule has 0 fully saturated rings. The second-order valence-electron chi connectivity index (χ2n) is 6.55. The maximum absolute atomic E-state index is 11.5. The molecule has 21 heavy (non-hydrogen) atoms. The Kier molecular flexibility index (Phi) is 7.66. The summed E-state index contributed by atoms with van der Waals surface area (Å²) in [4.78, 5) is 11.5. The van der Waals surface area contributed by atoms with Gasteiger partial charge in [0.05, 0.1) is 6.54 Å². The van der Waals surface area contributed by atoms with Gasteiger partial charge < -0.3 is 5.73 Å². The topological polar surface area (TPSA) is 43.1 Å². The van der Waals surface area contributed by atoms with Crippen LogP contribution < -0.4 is 5.73 Å². The molecule has 0 aliphatic rings. The van der Waals surface area contributed by atoms with E-state index in [4.69, 9.17) is 5.73 Å². The average molecular weight is 289 g/mol. The Balaban J connectivity index is 2.65. The normalized spacial score (nSPS) is 11.6. The first-order chi connectivity index (χ1) is 10.0. The number of aryl methyl sites for hydroxylation is 1. The summed E-state index contributed by atoms with van der Waals surface area (Å²) in [6.07, 6.45) is 7.89. The van der Waals surface area contributed by atoms with Crippen LogP contribution in [-0.2, 0) is 17.6 Å². The highest BCUT2D eigenvalue weighted by molar-refractivity contribution is 5.82. The third kappa shape index (κ3) is 6.43. The predicted octanol–water partition coefficient (Wildman–Crippen LogP) is 4.30. The molecule has 0 atom stereocenters. The summed E-state index contributed by atoms with van der Waals surface area (Å²) < 4.78 is 0. The summed E-state index contributed by atoms with van der Waals surface area (Å²) in [6, 6.07) is 8.43. The van der Waals surface area contributed by atoms with Gasteiger partial charge in [0.1, 0.15) is 0 Å². The first-order valence-corrected chi connectivity index (χ1v) is 8.32. The summed E-state index contributed by atoms with van der Waals surface area (Å²) in [6.45, 7) is 7.09. The maximum Gasteiger partial charge on any atom is 0.150 e.